The molecule has 15 heavy (non-hydrogen) atoms. The number of hydrogen-bond acceptors (Lipinski definition) is 3. The van der Waals surface area contributed by atoms with Crippen molar-refractivity contribution in [3.05, 3.63) is 0 Å². The molecule has 0 aromatic rings. The van der Waals surface area contributed by atoms with Crippen molar-refractivity contribution in [3.63, 3.8) is 0 Å². The molecule has 0 aliphatic heterocycles. The molecule has 0 saturated heterocycles. The van der Waals surface area contributed by atoms with E-state index in [-0.39, 0.29) is 6.10 Å². The van der Waals surface area contributed by atoms with Gasteiger partial charge < -0.3 is 15.8 Å². The summed E-state index contributed by atoms with van der Waals surface area (Å²) >= 11 is 0. The summed E-state index contributed by atoms with van der Waals surface area (Å²) in [5.74, 6) is 4.13. The summed E-state index contributed by atoms with van der Waals surface area (Å²) in [6, 6.07) is 0.806. The van der Waals surface area contributed by atoms with Crippen LogP contribution in [0.1, 0.15) is 19.3 Å². The third-order valence-electron chi connectivity index (χ3n) is 4.91. The van der Waals surface area contributed by atoms with Crippen LogP contribution in [0.5, 0.6) is 0 Å². The quantitative estimate of drug-likeness (QED) is 0.698. The second kappa shape index (κ2) is 3.72. The van der Waals surface area contributed by atoms with Crippen molar-refractivity contribution >= 4 is 0 Å². The molecular weight excluding hydrogens is 188 g/mol. The highest BCUT2D eigenvalue weighted by atomic mass is 16.5. The molecule has 86 valence electrons. The molecule has 3 saturated carbocycles. The maximum atomic E-state index is 5.61. The molecule has 3 nitrogen and oxygen atoms in total. The minimum atomic E-state index is 0.198. The minimum absolute atomic E-state index is 0.198. The average molecular weight is 210 g/mol. The summed E-state index contributed by atoms with van der Waals surface area (Å²) in [6.07, 6.45) is 4.71. The van der Waals surface area contributed by atoms with Gasteiger partial charge in [0.1, 0.15) is 0 Å². The highest BCUT2D eigenvalue weighted by molar-refractivity contribution is 5.16. The number of hydrogen-bond donors (Lipinski definition) is 2. The van der Waals surface area contributed by atoms with Gasteiger partial charge in [-0.05, 0) is 42.9 Å². The van der Waals surface area contributed by atoms with Crippen LogP contribution < -0.4 is 11.1 Å². The van der Waals surface area contributed by atoms with Crippen molar-refractivity contribution in [2.75, 3.05) is 20.2 Å². The van der Waals surface area contributed by atoms with E-state index in [9.17, 15) is 0 Å². The van der Waals surface area contributed by atoms with Gasteiger partial charge >= 0.3 is 0 Å². The molecule has 3 fully saturated rings. The predicted molar refractivity (Wildman–Crippen MR) is 59.5 cm³/mol. The van der Waals surface area contributed by atoms with Crippen LogP contribution in [0.15, 0.2) is 0 Å². The van der Waals surface area contributed by atoms with Crippen molar-refractivity contribution in [1.82, 2.24) is 5.32 Å². The van der Waals surface area contributed by atoms with Gasteiger partial charge in [0.2, 0.25) is 0 Å². The van der Waals surface area contributed by atoms with Crippen molar-refractivity contribution < 1.29 is 4.74 Å². The van der Waals surface area contributed by atoms with Crippen molar-refractivity contribution in [3.8, 4) is 0 Å². The van der Waals surface area contributed by atoms with Crippen LogP contribution in [-0.4, -0.2) is 32.3 Å². The molecule has 3 aliphatic rings. The van der Waals surface area contributed by atoms with Crippen LogP contribution >= 0.6 is 0 Å². The SMILES string of the molecule is COC(CN)CNC1C2C3CCC(C3)C12. The van der Waals surface area contributed by atoms with E-state index in [1.807, 2.05) is 0 Å². The first-order chi connectivity index (χ1) is 7.35. The Bertz CT molecular complexity index is 226. The molecule has 5 atom stereocenters. The monoisotopic (exact) mass is 210 g/mol. The molecule has 0 aromatic carbocycles. The lowest BCUT2D eigenvalue weighted by Gasteiger charge is -2.15. The van der Waals surface area contributed by atoms with Gasteiger partial charge in [-0.15, -0.1) is 0 Å². The summed E-state index contributed by atoms with van der Waals surface area (Å²) in [5.41, 5.74) is 5.61. The van der Waals surface area contributed by atoms with Crippen LogP contribution in [0.2, 0.25) is 0 Å². The van der Waals surface area contributed by atoms with Gasteiger partial charge in [-0.1, -0.05) is 0 Å². The third kappa shape index (κ3) is 1.52. The molecular formula is C12H22N2O. The highest BCUT2D eigenvalue weighted by Crippen LogP contribution is 2.65. The lowest BCUT2D eigenvalue weighted by Crippen LogP contribution is -2.37. The molecule has 3 N–H and O–H groups in total. The summed E-state index contributed by atoms with van der Waals surface area (Å²) in [4.78, 5) is 0. The second-order valence-electron chi connectivity index (χ2n) is 5.52. The van der Waals surface area contributed by atoms with E-state index < -0.39 is 0 Å². The highest BCUT2D eigenvalue weighted by Gasteiger charge is 2.64. The number of nitrogens with two attached hydrogens (primary N) is 1. The van der Waals surface area contributed by atoms with Gasteiger partial charge in [-0.2, -0.15) is 0 Å². The van der Waals surface area contributed by atoms with Crippen LogP contribution in [0, 0.1) is 23.7 Å². The van der Waals surface area contributed by atoms with E-state index in [0.717, 1.165) is 36.3 Å². The summed E-state index contributed by atoms with van der Waals surface area (Å²) < 4.78 is 5.28. The lowest BCUT2D eigenvalue weighted by atomic mass is 10.0. The molecule has 3 rings (SSSR count). The summed E-state index contributed by atoms with van der Waals surface area (Å²) in [7, 11) is 1.75. The maximum absolute atomic E-state index is 5.61. The molecule has 3 aliphatic carbocycles. The Hall–Kier alpha value is -0.120. The van der Waals surface area contributed by atoms with Gasteiger partial charge in [-0.3, -0.25) is 0 Å². The zero-order valence-corrected chi connectivity index (χ0v) is 9.49. The molecule has 5 unspecified atom stereocenters. The van der Waals surface area contributed by atoms with E-state index in [0.29, 0.717) is 6.54 Å². The normalized spacial score (nSPS) is 48.0. The van der Waals surface area contributed by atoms with Crippen LogP contribution in [0.25, 0.3) is 0 Å². The molecule has 0 heterocycles. The Kier molecular flexibility index (Phi) is 2.49. The maximum Gasteiger partial charge on any atom is 0.0817 e. The van der Waals surface area contributed by atoms with Gasteiger partial charge in [-0.25, -0.2) is 0 Å². The van der Waals surface area contributed by atoms with Crippen molar-refractivity contribution in [2.24, 2.45) is 29.4 Å². The molecule has 0 spiro atoms. The largest absolute Gasteiger partial charge is 0.379 e. The third-order valence-corrected chi connectivity index (χ3v) is 4.91. The minimum Gasteiger partial charge on any atom is -0.379 e. The first-order valence-corrected chi connectivity index (χ1v) is 6.31. The average Bonchev–Trinajstić information content (AvgIpc) is 2.68. The Morgan fingerprint density at radius 1 is 1.33 bits per heavy atom. The van der Waals surface area contributed by atoms with E-state index in [1.54, 1.807) is 7.11 Å². The fraction of sp³-hybridized carbons (Fsp3) is 1.00. The second-order valence-corrected chi connectivity index (χ2v) is 5.52. The zero-order chi connectivity index (χ0) is 10.4. The number of nitrogens with one attached hydrogen (secondary N) is 1. The molecule has 0 radical (unpaired) electrons. The molecule has 0 aromatic heterocycles. The summed E-state index contributed by atoms with van der Waals surface area (Å²) in [6.45, 7) is 1.56. The Morgan fingerprint density at radius 3 is 2.53 bits per heavy atom. The number of ether oxygens (including phenoxy) is 1. The van der Waals surface area contributed by atoms with Gasteiger partial charge in [0.05, 0.1) is 6.10 Å². The molecule has 0 amide bonds. The fourth-order valence-corrected chi connectivity index (χ4v) is 4.13. The van der Waals surface area contributed by atoms with Gasteiger partial charge in [0, 0.05) is 26.2 Å². The molecule has 3 heteroatoms. The topological polar surface area (TPSA) is 47.3 Å². The first kappa shape index (κ1) is 10.1. The lowest BCUT2D eigenvalue weighted by molar-refractivity contribution is 0.107. The van der Waals surface area contributed by atoms with Crippen LogP contribution in [-0.2, 0) is 4.74 Å². The van der Waals surface area contributed by atoms with E-state index >= 15 is 0 Å². The smallest absolute Gasteiger partial charge is 0.0817 e. The standard InChI is InChI=1S/C12H22N2O/c1-15-9(5-13)6-14-12-10-7-2-3-8(4-7)11(10)12/h7-12,14H,2-6,13H2,1H3. The first-order valence-electron chi connectivity index (χ1n) is 6.31. The Balaban J connectivity index is 1.47. The van der Waals surface area contributed by atoms with E-state index in [2.05, 4.69) is 5.32 Å². The van der Waals surface area contributed by atoms with Gasteiger partial charge in [0.25, 0.3) is 0 Å². The zero-order valence-electron chi connectivity index (χ0n) is 9.49. The summed E-state index contributed by atoms with van der Waals surface area (Å²) in [5, 5.41) is 3.66. The van der Waals surface area contributed by atoms with Crippen molar-refractivity contribution in [2.45, 2.75) is 31.4 Å². The Morgan fingerprint density at radius 2 is 2.00 bits per heavy atom. The van der Waals surface area contributed by atoms with E-state index in [4.69, 9.17) is 10.5 Å². The van der Waals surface area contributed by atoms with Crippen LogP contribution in [0.4, 0.5) is 0 Å². The molecule has 2 bridgehead atoms. The number of rotatable bonds is 5. The van der Waals surface area contributed by atoms with Gasteiger partial charge in [0.15, 0.2) is 0 Å². The van der Waals surface area contributed by atoms with E-state index in [1.165, 1.54) is 19.3 Å². The van der Waals surface area contributed by atoms with Crippen molar-refractivity contribution in [1.29, 1.82) is 0 Å². The Labute approximate surface area is 91.7 Å². The van der Waals surface area contributed by atoms with Crippen LogP contribution in [0.3, 0.4) is 0 Å². The fourth-order valence-electron chi connectivity index (χ4n) is 4.13. The predicted octanol–water partition coefficient (Wildman–Crippen LogP) is 0.594. The number of methoxy groups -OCH3 is 1. The number of fused-ring (bicyclic) bond motifs is 5.